The molecule has 0 fully saturated rings. The third-order valence-electron chi connectivity index (χ3n) is 2.61. The van der Waals surface area contributed by atoms with Gasteiger partial charge in [0.15, 0.2) is 5.82 Å². The van der Waals surface area contributed by atoms with Crippen LogP contribution in [-0.2, 0) is 6.18 Å². The first-order valence-corrected chi connectivity index (χ1v) is 6.93. The van der Waals surface area contributed by atoms with Crippen molar-refractivity contribution in [2.75, 3.05) is 5.73 Å². The number of hydrogen-bond donors (Lipinski definition) is 1. The van der Waals surface area contributed by atoms with Crippen LogP contribution in [0.5, 0.6) is 0 Å². The highest BCUT2D eigenvalue weighted by atomic mass is 35.5. The Kier molecular flexibility index (Phi) is 4.46. The van der Waals surface area contributed by atoms with Gasteiger partial charge in [-0.3, -0.25) is 0 Å². The van der Waals surface area contributed by atoms with E-state index in [2.05, 4.69) is 10.1 Å². The molecule has 0 saturated heterocycles. The fraction of sp³-hybridized carbons (Fsp3) is 0.273. The molecule has 0 spiro atoms. The Labute approximate surface area is 134 Å². The molecule has 2 rings (SSSR count). The lowest BCUT2D eigenvalue weighted by atomic mass is 10.3. The van der Waals surface area contributed by atoms with E-state index in [1.807, 2.05) is 0 Å². The van der Waals surface area contributed by atoms with E-state index in [1.54, 1.807) is 0 Å². The largest absolute Gasteiger partial charge is 0.446 e. The summed E-state index contributed by atoms with van der Waals surface area (Å²) in [6, 6.07) is 0.594. The molecule has 0 unspecified atom stereocenters. The number of alkyl halides is 6. The molecule has 0 aromatic carbocycles. The number of nitrogens with zero attached hydrogens (tertiary/aromatic N) is 3. The predicted molar refractivity (Wildman–Crippen MR) is 72.4 cm³/mol. The van der Waals surface area contributed by atoms with E-state index in [0.717, 1.165) is 4.68 Å². The van der Waals surface area contributed by atoms with Crippen molar-refractivity contribution in [2.24, 2.45) is 0 Å². The number of nitrogens with two attached hydrogens (primary N) is 1. The number of nitrogen functional groups attached to an aromatic ring is 1. The first kappa shape index (κ1) is 17.7. The Morgan fingerprint density at radius 2 is 1.83 bits per heavy atom. The van der Waals surface area contributed by atoms with Gasteiger partial charge in [-0.15, -0.1) is 0 Å². The van der Waals surface area contributed by atoms with E-state index in [1.165, 1.54) is 6.92 Å². The third-order valence-corrected chi connectivity index (χ3v) is 3.83. The summed E-state index contributed by atoms with van der Waals surface area (Å²) >= 11 is 5.25. The second-order valence-corrected chi connectivity index (χ2v) is 5.77. The summed E-state index contributed by atoms with van der Waals surface area (Å²) in [4.78, 5) is 3.14. The topological polar surface area (TPSA) is 56.7 Å². The number of pyridine rings is 1. The lowest BCUT2D eigenvalue weighted by molar-refractivity contribution is -0.137. The zero-order chi connectivity index (χ0) is 17.6. The van der Waals surface area contributed by atoms with Crippen LogP contribution in [0.1, 0.15) is 11.3 Å². The summed E-state index contributed by atoms with van der Waals surface area (Å²) in [5.74, 6) is -0.715. The lowest BCUT2D eigenvalue weighted by Gasteiger charge is -2.10. The van der Waals surface area contributed by atoms with Gasteiger partial charge in [-0.05, 0) is 24.8 Å². The molecule has 2 aromatic rings. The van der Waals surface area contributed by atoms with Gasteiger partial charge in [-0.2, -0.15) is 36.1 Å². The van der Waals surface area contributed by atoms with Crippen molar-refractivity contribution in [1.29, 1.82) is 0 Å². The van der Waals surface area contributed by atoms with Crippen LogP contribution in [0.3, 0.4) is 0 Å². The summed E-state index contributed by atoms with van der Waals surface area (Å²) in [6.45, 7) is 1.28. The number of thioether (sulfide) groups is 1. The number of hydrogen-bond acceptors (Lipinski definition) is 4. The van der Waals surface area contributed by atoms with Gasteiger partial charge in [0.05, 0.1) is 21.2 Å². The summed E-state index contributed by atoms with van der Waals surface area (Å²) in [5.41, 5.74) is -0.150. The van der Waals surface area contributed by atoms with Crippen LogP contribution in [0, 0.1) is 6.92 Å². The van der Waals surface area contributed by atoms with Crippen LogP contribution in [0.15, 0.2) is 17.2 Å². The van der Waals surface area contributed by atoms with E-state index >= 15 is 0 Å². The van der Waals surface area contributed by atoms with Crippen molar-refractivity contribution in [3.63, 3.8) is 0 Å². The Hall–Kier alpha value is -1.62. The zero-order valence-corrected chi connectivity index (χ0v) is 12.7. The molecule has 23 heavy (non-hydrogen) atoms. The molecule has 2 N–H and O–H groups in total. The maximum Gasteiger partial charge on any atom is 0.446 e. The molecule has 2 aromatic heterocycles. The lowest BCUT2D eigenvalue weighted by Crippen LogP contribution is -2.10. The number of rotatable bonds is 2. The minimum Gasteiger partial charge on any atom is -0.383 e. The fourth-order valence-corrected chi connectivity index (χ4v) is 2.53. The molecular formula is C11H7ClF6N4S. The molecule has 0 aliphatic heterocycles. The Morgan fingerprint density at radius 3 is 2.30 bits per heavy atom. The van der Waals surface area contributed by atoms with Crippen LogP contribution < -0.4 is 5.73 Å². The van der Waals surface area contributed by atoms with Gasteiger partial charge in [0, 0.05) is 6.20 Å². The molecule has 0 atom stereocenters. The molecule has 0 radical (unpaired) electrons. The molecule has 0 bridgehead atoms. The van der Waals surface area contributed by atoms with Crippen LogP contribution in [0.4, 0.5) is 32.2 Å². The molecule has 0 amide bonds. The molecule has 12 heteroatoms. The minimum absolute atomic E-state index is 0.0532. The van der Waals surface area contributed by atoms with Crippen LogP contribution in [0.2, 0.25) is 5.02 Å². The SMILES string of the molecule is Cc1nn(-c2ncc(C(F)(F)F)cc2Cl)c(N)c1SC(F)(F)F. The predicted octanol–water partition coefficient (Wildman–Crippen LogP) is 4.44. The highest BCUT2D eigenvalue weighted by Gasteiger charge is 2.34. The summed E-state index contributed by atoms with van der Waals surface area (Å²) in [6.07, 6.45) is -4.16. The van der Waals surface area contributed by atoms with Crippen molar-refractivity contribution in [1.82, 2.24) is 14.8 Å². The zero-order valence-electron chi connectivity index (χ0n) is 11.1. The van der Waals surface area contributed by atoms with E-state index in [-0.39, 0.29) is 16.4 Å². The van der Waals surface area contributed by atoms with Crippen molar-refractivity contribution < 1.29 is 26.3 Å². The van der Waals surface area contributed by atoms with Crippen molar-refractivity contribution in [2.45, 2.75) is 23.5 Å². The average molecular weight is 377 g/mol. The minimum atomic E-state index is -4.65. The first-order chi connectivity index (χ1) is 10.4. The summed E-state index contributed by atoms with van der Waals surface area (Å²) in [7, 11) is 0. The highest BCUT2D eigenvalue weighted by Crippen LogP contribution is 2.42. The standard InChI is InChI=1S/C11H7ClF6N4S/c1-4-7(23-11(16,17)18)8(19)22(21-4)9-6(12)2-5(3-20-9)10(13,14)15/h2-3H,19H2,1H3. The number of aromatic nitrogens is 3. The quantitative estimate of drug-likeness (QED) is 0.622. The molecule has 0 saturated carbocycles. The molecule has 4 nitrogen and oxygen atoms in total. The second-order valence-electron chi connectivity index (χ2n) is 4.29. The first-order valence-electron chi connectivity index (χ1n) is 5.74. The maximum atomic E-state index is 12.6. The van der Waals surface area contributed by atoms with E-state index < -0.39 is 39.9 Å². The van der Waals surface area contributed by atoms with Crippen LogP contribution >= 0.6 is 23.4 Å². The van der Waals surface area contributed by atoms with Crippen molar-refractivity contribution >= 4 is 29.2 Å². The van der Waals surface area contributed by atoms with Gasteiger partial charge in [0.25, 0.3) is 0 Å². The Balaban J connectivity index is 2.50. The number of anilines is 1. The van der Waals surface area contributed by atoms with Gasteiger partial charge >= 0.3 is 11.7 Å². The van der Waals surface area contributed by atoms with Gasteiger partial charge < -0.3 is 5.73 Å². The summed E-state index contributed by atoms with van der Waals surface area (Å²) < 4.78 is 75.9. The fourth-order valence-electron chi connectivity index (χ4n) is 1.68. The molecule has 0 aliphatic rings. The van der Waals surface area contributed by atoms with Gasteiger partial charge in [-0.25, -0.2) is 4.98 Å². The van der Waals surface area contributed by atoms with E-state index in [9.17, 15) is 26.3 Å². The van der Waals surface area contributed by atoms with E-state index in [4.69, 9.17) is 17.3 Å². The summed E-state index contributed by atoms with van der Waals surface area (Å²) in [5, 5.41) is 3.31. The molecular weight excluding hydrogens is 370 g/mol. The van der Waals surface area contributed by atoms with Crippen molar-refractivity contribution in [3.8, 4) is 5.82 Å². The highest BCUT2D eigenvalue weighted by molar-refractivity contribution is 8.00. The van der Waals surface area contributed by atoms with Crippen LogP contribution in [0.25, 0.3) is 5.82 Å². The van der Waals surface area contributed by atoms with E-state index in [0.29, 0.717) is 12.3 Å². The maximum absolute atomic E-state index is 12.6. The van der Waals surface area contributed by atoms with Gasteiger partial charge in [-0.1, -0.05) is 11.6 Å². The van der Waals surface area contributed by atoms with Crippen molar-refractivity contribution in [3.05, 3.63) is 28.5 Å². The second kappa shape index (κ2) is 5.78. The van der Waals surface area contributed by atoms with Gasteiger partial charge in [0.1, 0.15) is 5.82 Å². The normalized spacial score (nSPS) is 12.7. The number of halogens is 7. The Bertz CT molecular complexity index is 739. The molecule has 126 valence electrons. The van der Waals surface area contributed by atoms with Gasteiger partial charge in [0.2, 0.25) is 0 Å². The molecule has 0 aliphatic carbocycles. The molecule has 2 heterocycles. The smallest absolute Gasteiger partial charge is 0.383 e. The third kappa shape index (κ3) is 3.83. The average Bonchev–Trinajstić information content (AvgIpc) is 2.64. The Morgan fingerprint density at radius 1 is 1.22 bits per heavy atom. The number of aryl methyl sites for hydroxylation is 1. The monoisotopic (exact) mass is 376 g/mol. The van der Waals surface area contributed by atoms with Crippen LogP contribution in [-0.4, -0.2) is 20.3 Å².